The van der Waals surface area contributed by atoms with Crippen molar-refractivity contribution >= 4 is 21.3 Å². The van der Waals surface area contributed by atoms with E-state index in [9.17, 15) is 13.2 Å². The van der Waals surface area contributed by atoms with Crippen molar-refractivity contribution in [3.8, 4) is 0 Å². The van der Waals surface area contributed by atoms with Gasteiger partial charge in [-0.15, -0.1) is 0 Å². The van der Waals surface area contributed by atoms with E-state index in [0.29, 0.717) is 25.2 Å². The monoisotopic (exact) mass is 337 g/mol. The summed E-state index contributed by atoms with van der Waals surface area (Å²) in [7, 11) is -3.53. The van der Waals surface area contributed by atoms with E-state index in [2.05, 4.69) is 4.98 Å². The molecule has 1 saturated heterocycles. The molecule has 2 aromatic rings. The molecule has 1 aliphatic rings. The average molecular weight is 337 g/mol. The van der Waals surface area contributed by atoms with E-state index < -0.39 is 9.84 Å². The van der Waals surface area contributed by atoms with Crippen molar-refractivity contribution in [3.05, 3.63) is 30.1 Å². The van der Waals surface area contributed by atoms with Gasteiger partial charge >= 0.3 is 0 Å². The van der Waals surface area contributed by atoms with Crippen LogP contribution in [0.25, 0.3) is 5.52 Å². The van der Waals surface area contributed by atoms with Crippen LogP contribution >= 0.6 is 0 Å². The predicted molar refractivity (Wildman–Crippen MR) is 84.2 cm³/mol. The summed E-state index contributed by atoms with van der Waals surface area (Å²) in [5.41, 5.74) is 0.667. The molecule has 1 fully saturated rings. The lowest BCUT2D eigenvalue weighted by molar-refractivity contribution is -0.0227. The van der Waals surface area contributed by atoms with Gasteiger partial charge in [0.25, 0.3) is 5.91 Å². The lowest BCUT2D eigenvalue weighted by Gasteiger charge is -2.32. The molecule has 0 saturated carbocycles. The second-order valence-corrected chi connectivity index (χ2v) is 7.53. The summed E-state index contributed by atoms with van der Waals surface area (Å²) in [5.74, 6) is -0.259. The number of pyridine rings is 1. The van der Waals surface area contributed by atoms with Gasteiger partial charge in [0, 0.05) is 25.5 Å². The fourth-order valence-electron chi connectivity index (χ4n) is 2.73. The Balaban J connectivity index is 2.04. The summed E-state index contributed by atoms with van der Waals surface area (Å²) in [6, 6.07) is 5.17. The van der Waals surface area contributed by atoms with E-state index in [1.165, 1.54) is 4.40 Å². The second kappa shape index (κ2) is 5.93. The third kappa shape index (κ3) is 2.96. The molecule has 2 aromatic heterocycles. The Morgan fingerprint density at radius 2 is 2.22 bits per heavy atom. The van der Waals surface area contributed by atoms with Gasteiger partial charge in [-0.2, -0.15) is 0 Å². The molecule has 0 bridgehead atoms. The van der Waals surface area contributed by atoms with Crippen LogP contribution in [0.4, 0.5) is 0 Å². The molecule has 0 radical (unpaired) electrons. The van der Waals surface area contributed by atoms with Gasteiger partial charge in [0.2, 0.25) is 15.0 Å². The Bertz CT molecular complexity index is 844. The number of hydrogen-bond donors (Lipinski definition) is 0. The lowest BCUT2D eigenvalue weighted by atomic mass is 10.2. The highest BCUT2D eigenvalue weighted by Gasteiger charge is 2.29. The molecule has 0 aromatic carbocycles. The van der Waals surface area contributed by atoms with Gasteiger partial charge in [0.1, 0.15) is 0 Å². The highest BCUT2D eigenvalue weighted by molar-refractivity contribution is 7.90. The van der Waals surface area contributed by atoms with Crippen LogP contribution in [0.5, 0.6) is 0 Å². The number of carbonyl (C=O) groups is 1. The number of nitrogens with zero attached hydrogens (tertiary/aromatic N) is 3. The SMILES string of the molecule is CC[C@@H]1CN(C(=O)c2nc(S(C)(=O)=O)n3ccccc23)CCO1. The fourth-order valence-corrected chi connectivity index (χ4v) is 3.50. The Labute approximate surface area is 134 Å². The molecule has 0 spiro atoms. The van der Waals surface area contributed by atoms with Gasteiger partial charge in [0.05, 0.1) is 18.2 Å². The molecule has 8 heteroatoms. The van der Waals surface area contributed by atoms with Crippen LogP contribution in [-0.4, -0.2) is 60.7 Å². The Morgan fingerprint density at radius 1 is 1.43 bits per heavy atom. The molecule has 3 heterocycles. The van der Waals surface area contributed by atoms with Gasteiger partial charge in [-0.05, 0) is 18.6 Å². The quantitative estimate of drug-likeness (QED) is 0.834. The summed E-state index contributed by atoms with van der Waals surface area (Å²) >= 11 is 0. The number of morpholine rings is 1. The zero-order valence-corrected chi connectivity index (χ0v) is 13.9. The average Bonchev–Trinajstić information content (AvgIpc) is 2.94. The van der Waals surface area contributed by atoms with E-state index in [-0.39, 0.29) is 22.9 Å². The molecule has 7 nitrogen and oxygen atoms in total. The first-order valence-corrected chi connectivity index (χ1v) is 9.39. The highest BCUT2D eigenvalue weighted by Crippen LogP contribution is 2.20. The minimum absolute atomic E-state index is 0.0101. The number of hydrogen-bond acceptors (Lipinski definition) is 5. The standard InChI is InChI=1S/C15H19N3O4S/c1-3-11-10-17(8-9-22-11)14(19)13-12-6-4-5-7-18(12)15(16-13)23(2,20)21/h4-7,11H,3,8-10H2,1-2H3/t11-/m1/s1. The van der Waals surface area contributed by atoms with Crippen molar-refractivity contribution in [3.63, 3.8) is 0 Å². The molecule has 3 rings (SSSR count). The van der Waals surface area contributed by atoms with E-state index in [4.69, 9.17) is 4.74 Å². The number of imidazole rings is 1. The van der Waals surface area contributed by atoms with Gasteiger partial charge < -0.3 is 9.64 Å². The lowest BCUT2D eigenvalue weighted by Crippen LogP contribution is -2.45. The predicted octanol–water partition coefficient (Wildman–Crippen LogP) is 0.989. The summed E-state index contributed by atoms with van der Waals surface area (Å²) < 4.78 is 30.9. The normalized spacial score (nSPS) is 19.2. The van der Waals surface area contributed by atoms with Gasteiger partial charge in [-0.1, -0.05) is 13.0 Å². The topological polar surface area (TPSA) is 81.0 Å². The van der Waals surface area contributed by atoms with E-state index in [1.54, 1.807) is 29.3 Å². The number of amides is 1. The molecule has 1 amide bonds. The van der Waals surface area contributed by atoms with Crippen LogP contribution in [0, 0.1) is 0 Å². The van der Waals surface area contributed by atoms with Crippen LogP contribution in [0.15, 0.2) is 29.6 Å². The van der Waals surface area contributed by atoms with Gasteiger partial charge in [-0.25, -0.2) is 13.4 Å². The maximum absolute atomic E-state index is 12.8. The minimum atomic E-state index is -3.53. The number of ether oxygens (including phenoxy) is 1. The van der Waals surface area contributed by atoms with Crippen molar-refractivity contribution in [1.82, 2.24) is 14.3 Å². The Morgan fingerprint density at radius 3 is 2.91 bits per heavy atom. The van der Waals surface area contributed by atoms with Crippen molar-refractivity contribution in [2.24, 2.45) is 0 Å². The fraction of sp³-hybridized carbons (Fsp3) is 0.467. The van der Waals surface area contributed by atoms with Crippen LogP contribution < -0.4 is 0 Å². The Hall–Kier alpha value is -1.93. The first kappa shape index (κ1) is 15.9. The first-order valence-electron chi connectivity index (χ1n) is 7.50. The van der Waals surface area contributed by atoms with Crippen molar-refractivity contribution in [1.29, 1.82) is 0 Å². The molecule has 124 valence electrons. The smallest absolute Gasteiger partial charge is 0.274 e. The number of aromatic nitrogens is 2. The molecule has 1 atom stereocenters. The van der Waals surface area contributed by atoms with Crippen molar-refractivity contribution in [2.45, 2.75) is 24.6 Å². The van der Waals surface area contributed by atoms with Crippen molar-refractivity contribution < 1.29 is 17.9 Å². The summed E-state index contributed by atoms with van der Waals surface area (Å²) in [4.78, 5) is 18.6. The van der Waals surface area contributed by atoms with E-state index >= 15 is 0 Å². The molecule has 0 aliphatic carbocycles. The number of rotatable bonds is 3. The maximum atomic E-state index is 12.8. The van der Waals surface area contributed by atoms with E-state index in [1.807, 2.05) is 6.92 Å². The number of carbonyl (C=O) groups excluding carboxylic acids is 1. The zero-order valence-electron chi connectivity index (χ0n) is 13.1. The number of fused-ring (bicyclic) bond motifs is 1. The molecule has 0 N–H and O–H groups in total. The highest BCUT2D eigenvalue weighted by atomic mass is 32.2. The summed E-state index contributed by atoms with van der Waals surface area (Å²) in [6.07, 6.45) is 3.52. The van der Waals surface area contributed by atoms with E-state index in [0.717, 1.165) is 12.7 Å². The van der Waals surface area contributed by atoms with Crippen molar-refractivity contribution in [2.75, 3.05) is 26.0 Å². The molecule has 1 aliphatic heterocycles. The first-order chi connectivity index (χ1) is 10.9. The largest absolute Gasteiger partial charge is 0.375 e. The maximum Gasteiger partial charge on any atom is 0.274 e. The van der Waals surface area contributed by atoms with Gasteiger partial charge in [0.15, 0.2) is 5.69 Å². The molecule has 23 heavy (non-hydrogen) atoms. The van der Waals surface area contributed by atoms with Crippen LogP contribution in [0.3, 0.4) is 0 Å². The summed E-state index contributed by atoms with van der Waals surface area (Å²) in [5, 5.41) is -0.114. The molecular weight excluding hydrogens is 318 g/mol. The Kier molecular flexibility index (Phi) is 4.11. The number of sulfone groups is 1. The third-order valence-corrected chi connectivity index (χ3v) is 4.88. The van der Waals surface area contributed by atoms with Gasteiger partial charge in [-0.3, -0.25) is 9.20 Å². The van der Waals surface area contributed by atoms with Crippen LogP contribution in [0.1, 0.15) is 23.8 Å². The van der Waals surface area contributed by atoms with Crippen LogP contribution in [-0.2, 0) is 14.6 Å². The zero-order chi connectivity index (χ0) is 16.6. The third-order valence-electron chi connectivity index (χ3n) is 3.93. The van der Waals surface area contributed by atoms with Crippen LogP contribution in [0.2, 0.25) is 0 Å². The summed E-state index contributed by atoms with van der Waals surface area (Å²) in [6.45, 7) is 3.46. The molecular formula is C15H19N3O4S. The molecule has 0 unspecified atom stereocenters. The minimum Gasteiger partial charge on any atom is -0.375 e. The second-order valence-electron chi connectivity index (χ2n) is 5.62.